The Hall–Kier alpha value is -1.40. The van der Waals surface area contributed by atoms with Gasteiger partial charge >= 0.3 is 0 Å². The lowest BCUT2D eigenvalue weighted by Gasteiger charge is -2.18. The smallest absolute Gasteiger partial charge is 0.264 e. The highest BCUT2D eigenvalue weighted by atomic mass is 32.2. The number of aryl methyl sites for hydroxylation is 1. The third kappa shape index (κ3) is 6.58. The largest absolute Gasteiger partial charge is 0.339 e. The summed E-state index contributed by atoms with van der Waals surface area (Å²) in [5.41, 5.74) is 1.84. The molecule has 5 nitrogen and oxygen atoms in total. The second-order valence-corrected chi connectivity index (χ2v) is 6.80. The molecule has 0 heterocycles. The molecule has 0 aliphatic heterocycles. The molecular weight excluding hydrogens is 302 g/mol. The lowest BCUT2D eigenvalue weighted by Crippen LogP contribution is -2.30. The summed E-state index contributed by atoms with van der Waals surface area (Å²) in [6.45, 7) is 5.56. The Kier molecular flexibility index (Phi) is 7.55. The normalized spacial score (nSPS) is 11.4. The second kappa shape index (κ2) is 8.90. The maximum absolute atomic E-state index is 12.2. The van der Waals surface area contributed by atoms with Crippen molar-refractivity contribution in [2.75, 3.05) is 26.0 Å². The van der Waals surface area contributed by atoms with Gasteiger partial charge in [0.1, 0.15) is 0 Å². The number of hydrogen-bond acceptors (Lipinski definition) is 4. The van der Waals surface area contributed by atoms with E-state index in [-0.39, 0.29) is 12.5 Å². The summed E-state index contributed by atoms with van der Waals surface area (Å²) in [5.74, 6) is 0.0538. The number of amides is 1. The number of carbonyl (C=O) groups excluding carboxylic acids is 1. The third-order valence-corrected chi connectivity index (χ3v) is 4.00. The molecule has 1 amide bonds. The van der Waals surface area contributed by atoms with Crippen LogP contribution in [0.5, 0.6) is 0 Å². The highest BCUT2D eigenvalue weighted by molar-refractivity contribution is 7.85. The molecule has 1 aromatic rings. The minimum Gasteiger partial charge on any atom is -0.339 e. The predicted molar refractivity (Wildman–Crippen MR) is 87.4 cm³/mol. The number of unbranched alkanes of at least 4 members (excludes halogenated alkanes) is 1. The zero-order valence-electron chi connectivity index (χ0n) is 13.5. The van der Waals surface area contributed by atoms with E-state index in [4.69, 9.17) is 4.18 Å². The Labute approximate surface area is 133 Å². The van der Waals surface area contributed by atoms with Crippen LogP contribution in [0.3, 0.4) is 0 Å². The van der Waals surface area contributed by atoms with Gasteiger partial charge in [-0.2, -0.15) is 8.42 Å². The molecule has 0 bridgehead atoms. The predicted octanol–water partition coefficient (Wildman–Crippen LogP) is 2.47. The molecule has 22 heavy (non-hydrogen) atoms. The van der Waals surface area contributed by atoms with Crippen LogP contribution in [0.2, 0.25) is 0 Å². The average Bonchev–Trinajstić information content (AvgIpc) is 2.47. The van der Waals surface area contributed by atoms with Crippen molar-refractivity contribution in [1.29, 1.82) is 0 Å². The van der Waals surface area contributed by atoms with Crippen molar-refractivity contribution in [2.24, 2.45) is 0 Å². The van der Waals surface area contributed by atoms with Gasteiger partial charge < -0.3 is 4.90 Å². The summed E-state index contributed by atoms with van der Waals surface area (Å²) >= 11 is 0. The lowest BCUT2D eigenvalue weighted by atomic mass is 10.1. The van der Waals surface area contributed by atoms with Crippen molar-refractivity contribution in [3.63, 3.8) is 0 Å². The van der Waals surface area contributed by atoms with Gasteiger partial charge in [0.15, 0.2) is 0 Å². The number of nitrogens with zero attached hydrogens (tertiary/aromatic N) is 1. The Morgan fingerprint density at radius 3 is 2.18 bits per heavy atom. The molecule has 0 aromatic heterocycles. The maximum atomic E-state index is 12.2. The molecule has 0 unspecified atom stereocenters. The molecule has 0 spiro atoms. The van der Waals surface area contributed by atoms with Crippen molar-refractivity contribution in [2.45, 2.75) is 33.1 Å². The van der Waals surface area contributed by atoms with Crippen LogP contribution in [-0.2, 0) is 20.7 Å². The fourth-order valence-corrected chi connectivity index (χ4v) is 2.57. The van der Waals surface area contributed by atoms with E-state index in [2.05, 4.69) is 0 Å². The molecule has 6 heteroatoms. The summed E-state index contributed by atoms with van der Waals surface area (Å²) < 4.78 is 26.3. The quantitative estimate of drug-likeness (QED) is 0.516. The monoisotopic (exact) mass is 327 g/mol. The third-order valence-electron chi connectivity index (χ3n) is 3.41. The minimum atomic E-state index is -3.34. The molecule has 1 aromatic carbocycles. The molecule has 1 rings (SSSR count). The van der Waals surface area contributed by atoms with Gasteiger partial charge in [0.2, 0.25) is 0 Å². The Morgan fingerprint density at radius 2 is 1.68 bits per heavy atom. The molecule has 0 saturated heterocycles. The molecular formula is C16H25NO4S. The highest BCUT2D eigenvalue weighted by Gasteiger charge is 2.11. The Bertz CT molecular complexity index is 562. The van der Waals surface area contributed by atoms with E-state index in [9.17, 15) is 13.2 Å². The Balaban J connectivity index is 2.43. The van der Waals surface area contributed by atoms with Crippen LogP contribution in [0.25, 0.3) is 0 Å². The van der Waals surface area contributed by atoms with Crippen LogP contribution in [0, 0.1) is 0 Å². The van der Waals surface area contributed by atoms with Crippen LogP contribution >= 0.6 is 0 Å². The second-order valence-electron chi connectivity index (χ2n) is 5.16. The number of hydrogen-bond donors (Lipinski definition) is 0. The van der Waals surface area contributed by atoms with E-state index in [1.807, 2.05) is 38.1 Å². The highest BCUT2D eigenvalue weighted by Crippen LogP contribution is 2.10. The molecule has 0 radical (unpaired) electrons. The zero-order chi connectivity index (χ0) is 16.6. The number of benzene rings is 1. The molecule has 0 saturated carbocycles. The van der Waals surface area contributed by atoms with Gasteiger partial charge in [0, 0.05) is 18.7 Å². The van der Waals surface area contributed by atoms with Gasteiger partial charge in [-0.05, 0) is 50.8 Å². The molecule has 0 N–H and O–H groups in total. The van der Waals surface area contributed by atoms with Crippen LogP contribution in [0.1, 0.15) is 42.6 Å². The van der Waals surface area contributed by atoms with E-state index in [0.717, 1.165) is 24.7 Å². The fraction of sp³-hybridized carbons (Fsp3) is 0.562. The van der Waals surface area contributed by atoms with Gasteiger partial charge in [-0.15, -0.1) is 0 Å². The van der Waals surface area contributed by atoms with Crippen molar-refractivity contribution in [1.82, 2.24) is 4.90 Å². The standard InChI is InChI=1S/C16H25NO4S/c1-4-17(5-2)16(18)15-11-9-14(10-12-15)8-6-7-13-21-22(3,19)20/h9-12H,4-8,13H2,1-3H3. The number of carbonyl (C=O) groups is 1. The average molecular weight is 327 g/mol. The van der Waals surface area contributed by atoms with Crippen LogP contribution in [0.4, 0.5) is 0 Å². The van der Waals surface area contributed by atoms with Crippen LogP contribution < -0.4 is 0 Å². The fourth-order valence-electron chi connectivity index (χ4n) is 2.15. The van der Waals surface area contributed by atoms with Crippen molar-refractivity contribution < 1.29 is 17.4 Å². The first-order valence-electron chi connectivity index (χ1n) is 7.60. The summed E-state index contributed by atoms with van der Waals surface area (Å²) in [6, 6.07) is 7.61. The van der Waals surface area contributed by atoms with Gasteiger partial charge in [0.05, 0.1) is 12.9 Å². The summed E-state index contributed by atoms with van der Waals surface area (Å²) in [4.78, 5) is 14.0. The zero-order valence-corrected chi connectivity index (χ0v) is 14.4. The number of rotatable bonds is 9. The molecule has 0 atom stereocenters. The van der Waals surface area contributed by atoms with Gasteiger partial charge in [-0.3, -0.25) is 8.98 Å². The van der Waals surface area contributed by atoms with E-state index < -0.39 is 10.1 Å². The van der Waals surface area contributed by atoms with E-state index in [1.165, 1.54) is 0 Å². The van der Waals surface area contributed by atoms with Gasteiger partial charge in [-0.25, -0.2) is 0 Å². The summed E-state index contributed by atoms with van der Waals surface area (Å²) in [7, 11) is -3.34. The van der Waals surface area contributed by atoms with Crippen LogP contribution in [-0.4, -0.2) is 45.2 Å². The lowest BCUT2D eigenvalue weighted by molar-refractivity contribution is 0.0773. The van der Waals surface area contributed by atoms with E-state index in [0.29, 0.717) is 25.1 Å². The maximum Gasteiger partial charge on any atom is 0.264 e. The molecule has 0 aliphatic rings. The minimum absolute atomic E-state index is 0.0538. The van der Waals surface area contributed by atoms with Crippen molar-refractivity contribution >= 4 is 16.0 Å². The Morgan fingerprint density at radius 1 is 1.09 bits per heavy atom. The van der Waals surface area contributed by atoms with Gasteiger partial charge in [-0.1, -0.05) is 12.1 Å². The van der Waals surface area contributed by atoms with E-state index in [1.54, 1.807) is 4.90 Å². The van der Waals surface area contributed by atoms with Crippen molar-refractivity contribution in [3.8, 4) is 0 Å². The van der Waals surface area contributed by atoms with E-state index >= 15 is 0 Å². The van der Waals surface area contributed by atoms with Gasteiger partial charge in [0.25, 0.3) is 16.0 Å². The first kappa shape index (κ1) is 18.6. The first-order chi connectivity index (χ1) is 10.4. The molecule has 0 fully saturated rings. The topological polar surface area (TPSA) is 63.7 Å². The summed E-state index contributed by atoms with van der Waals surface area (Å²) in [5, 5.41) is 0. The molecule has 124 valence electrons. The molecule has 0 aliphatic carbocycles. The first-order valence-corrected chi connectivity index (χ1v) is 9.41. The summed E-state index contributed by atoms with van der Waals surface area (Å²) in [6.07, 6.45) is 3.43. The SMILES string of the molecule is CCN(CC)C(=O)c1ccc(CCCCOS(C)(=O)=O)cc1. The van der Waals surface area contributed by atoms with Crippen molar-refractivity contribution in [3.05, 3.63) is 35.4 Å². The van der Waals surface area contributed by atoms with Crippen LogP contribution in [0.15, 0.2) is 24.3 Å².